The summed E-state index contributed by atoms with van der Waals surface area (Å²) < 4.78 is 0. The van der Waals surface area contributed by atoms with Gasteiger partial charge in [0.15, 0.2) is 0 Å². The predicted octanol–water partition coefficient (Wildman–Crippen LogP) is 2.55. The van der Waals surface area contributed by atoms with Crippen molar-refractivity contribution in [2.75, 3.05) is 32.1 Å². The van der Waals surface area contributed by atoms with Gasteiger partial charge in [0.05, 0.1) is 13.1 Å². The Hall–Kier alpha value is -2.53. The van der Waals surface area contributed by atoms with Crippen molar-refractivity contribution in [3.8, 4) is 0 Å². The molecule has 1 N–H and O–H groups in total. The van der Waals surface area contributed by atoms with E-state index in [-0.39, 0.29) is 24.9 Å². The lowest BCUT2D eigenvalue weighted by atomic mass is 10.2. The zero-order valence-corrected chi connectivity index (χ0v) is 15.2. The number of anilines is 1. The van der Waals surface area contributed by atoms with Gasteiger partial charge in [0.2, 0.25) is 11.8 Å². The Bertz CT molecular complexity index is 702. The first-order valence-electron chi connectivity index (χ1n) is 7.97. The maximum atomic E-state index is 12.3. The molecule has 2 rings (SSSR count). The van der Waals surface area contributed by atoms with E-state index in [0.717, 1.165) is 11.3 Å². The monoisotopic (exact) mass is 359 g/mol. The Morgan fingerprint density at radius 2 is 1.60 bits per heavy atom. The molecule has 0 saturated heterocycles. The number of rotatable bonds is 7. The van der Waals surface area contributed by atoms with Crippen LogP contribution in [-0.2, 0) is 16.1 Å². The highest BCUT2D eigenvalue weighted by molar-refractivity contribution is 6.30. The topological polar surface area (TPSA) is 52.7 Å². The number of halogens is 1. The molecule has 0 atom stereocenters. The molecule has 0 saturated carbocycles. The highest BCUT2D eigenvalue weighted by Crippen LogP contribution is 2.13. The van der Waals surface area contributed by atoms with E-state index in [0.29, 0.717) is 11.6 Å². The van der Waals surface area contributed by atoms with Crippen LogP contribution in [0, 0.1) is 0 Å². The van der Waals surface area contributed by atoms with Crippen molar-refractivity contribution in [3.05, 3.63) is 65.2 Å². The Morgan fingerprint density at radius 3 is 2.20 bits per heavy atom. The number of carbonyl (C=O) groups excluding carboxylic acids is 2. The van der Waals surface area contributed by atoms with Crippen molar-refractivity contribution >= 4 is 29.1 Å². The van der Waals surface area contributed by atoms with E-state index in [1.165, 1.54) is 4.90 Å². The van der Waals surface area contributed by atoms with E-state index in [1.54, 1.807) is 31.1 Å². The molecule has 6 heteroatoms. The third kappa shape index (κ3) is 6.12. The Labute approximate surface area is 153 Å². The summed E-state index contributed by atoms with van der Waals surface area (Å²) >= 11 is 5.86. The number of likely N-dealkylation sites (N-methyl/N-ethyl adjacent to an activating group) is 1. The van der Waals surface area contributed by atoms with Crippen LogP contribution in [0.5, 0.6) is 0 Å². The molecule has 0 aliphatic heterocycles. The third-order valence-electron chi connectivity index (χ3n) is 3.68. The Kier molecular flexibility index (Phi) is 6.83. The molecule has 0 spiro atoms. The van der Waals surface area contributed by atoms with Crippen molar-refractivity contribution in [2.24, 2.45) is 0 Å². The van der Waals surface area contributed by atoms with Crippen LogP contribution in [0.1, 0.15) is 5.56 Å². The van der Waals surface area contributed by atoms with Crippen molar-refractivity contribution in [1.82, 2.24) is 10.2 Å². The molecule has 0 fully saturated rings. The molecule has 0 unspecified atom stereocenters. The van der Waals surface area contributed by atoms with Gasteiger partial charge in [-0.1, -0.05) is 41.9 Å². The number of para-hydroxylation sites is 1. The highest BCUT2D eigenvalue weighted by atomic mass is 35.5. The average molecular weight is 360 g/mol. The lowest BCUT2D eigenvalue weighted by molar-refractivity contribution is -0.127. The highest BCUT2D eigenvalue weighted by Gasteiger charge is 2.16. The first kappa shape index (κ1) is 18.8. The minimum atomic E-state index is -0.148. The van der Waals surface area contributed by atoms with Gasteiger partial charge in [-0.3, -0.25) is 9.59 Å². The van der Waals surface area contributed by atoms with Crippen LogP contribution in [0.4, 0.5) is 5.69 Å². The minimum absolute atomic E-state index is 0.0608. The SMILES string of the molecule is CN(C)C(=O)CN(CC(=O)NCc1ccc(Cl)cc1)c1ccccc1. The van der Waals surface area contributed by atoms with Gasteiger partial charge in [0.1, 0.15) is 0 Å². The number of carbonyl (C=O) groups is 2. The summed E-state index contributed by atoms with van der Waals surface area (Å²) in [7, 11) is 3.40. The summed E-state index contributed by atoms with van der Waals surface area (Å²) in [5.41, 5.74) is 1.80. The second-order valence-electron chi connectivity index (χ2n) is 5.88. The standard InChI is InChI=1S/C19H22ClN3O2/c1-22(2)19(25)14-23(17-6-4-3-5-7-17)13-18(24)21-12-15-8-10-16(20)11-9-15/h3-11H,12-14H2,1-2H3,(H,21,24). The Balaban J connectivity index is 1.98. The van der Waals surface area contributed by atoms with Crippen LogP contribution in [-0.4, -0.2) is 43.9 Å². The van der Waals surface area contributed by atoms with Crippen LogP contribution in [0.25, 0.3) is 0 Å². The summed E-state index contributed by atoms with van der Waals surface area (Å²) in [5.74, 6) is -0.209. The van der Waals surface area contributed by atoms with Crippen LogP contribution >= 0.6 is 11.6 Å². The smallest absolute Gasteiger partial charge is 0.241 e. The van der Waals surface area contributed by atoms with E-state index in [2.05, 4.69) is 5.32 Å². The molecule has 132 valence electrons. The number of nitrogens with one attached hydrogen (secondary N) is 1. The van der Waals surface area contributed by atoms with Crippen molar-refractivity contribution in [1.29, 1.82) is 0 Å². The van der Waals surface area contributed by atoms with Gasteiger partial charge in [-0.2, -0.15) is 0 Å². The molecule has 0 aliphatic carbocycles. The number of hydrogen-bond acceptors (Lipinski definition) is 3. The maximum absolute atomic E-state index is 12.3. The molecular weight excluding hydrogens is 338 g/mol. The van der Waals surface area contributed by atoms with Gasteiger partial charge >= 0.3 is 0 Å². The largest absolute Gasteiger partial charge is 0.353 e. The second kappa shape index (κ2) is 9.08. The average Bonchev–Trinajstić information content (AvgIpc) is 2.61. The lowest BCUT2D eigenvalue weighted by Crippen LogP contribution is -2.42. The van der Waals surface area contributed by atoms with Gasteiger partial charge in [-0.15, -0.1) is 0 Å². The predicted molar refractivity (Wildman–Crippen MR) is 101 cm³/mol. The summed E-state index contributed by atoms with van der Waals surface area (Å²) in [6, 6.07) is 16.7. The number of nitrogens with zero attached hydrogens (tertiary/aromatic N) is 2. The molecule has 25 heavy (non-hydrogen) atoms. The van der Waals surface area contributed by atoms with Crippen LogP contribution in [0.3, 0.4) is 0 Å². The minimum Gasteiger partial charge on any atom is -0.353 e. The van der Waals surface area contributed by atoms with E-state index in [9.17, 15) is 9.59 Å². The molecule has 2 aromatic rings. The van der Waals surface area contributed by atoms with E-state index >= 15 is 0 Å². The zero-order chi connectivity index (χ0) is 18.2. The summed E-state index contributed by atoms with van der Waals surface area (Å²) in [6.07, 6.45) is 0. The zero-order valence-electron chi connectivity index (χ0n) is 14.4. The maximum Gasteiger partial charge on any atom is 0.241 e. The molecule has 0 aliphatic rings. The number of hydrogen-bond donors (Lipinski definition) is 1. The van der Waals surface area contributed by atoms with E-state index < -0.39 is 0 Å². The van der Waals surface area contributed by atoms with Crippen LogP contribution in [0.2, 0.25) is 5.02 Å². The number of amides is 2. The molecule has 5 nitrogen and oxygen atoms in total. The van der Waals surface area contributed by atoms with Gasteiger partial charge in [0.25, 0.3) is 0 Å². The van der Waals surface area contributed by atoms with Gasteiger partial charge < -0.3 is 15.1 Å². The molecule has 0 radical (unpaired) electrons. The molecule has 0 aromatic heterocycles. The first-order valence-corrected chi connectivity index (χ1v) is 8.35. The normalized spacial score (nSPS) is 10.2. The van der Waals surface area contributed by atoms with Crippen molar-refractivity contribution < 1.29 is 9.59 Å². The quantitative estimate of drug-likeness (QED) is 0.826. The number of benzene rings is 2. The first-order chi connectivity index (χ1) is 12.0. The molecular formula is C19H22ClN3O2. The van der Waals surface area contributed by atoms with Crippen LogP contribution in [0.15, 0.2) is 54.6 Å². The summed E-state index contributed by atoms with van der Waals surface area (Å²) in [6.45, 7) is 0.669. The summed E-state index contributed by atoms with van der Waals surface area (Å²) in [4.78, 5) is 27.7. The molecule has 2 amide bonds. The third-order valence-corrected chi connectivity index (χ3v) is 3.94. The van der Waals surface area contributed by atoms with Gasteiger partial charge in [-0.05, 0) is 29.8 Å². The lowest BCUT2D eigenvalue weighted by Gasteiger charge is -2.25. The molecule has 2 aromatic carbocycles. The molecule has 0 bridgehead atoms. The summed E-state index contributed by atoms with van der Waals surface area (Å²) in [5, 5.41) is 3.53. The van der Waals surface area contributed by atoms with Gasteiger partial charge in [-0.25, -0.2) is 0 Å². The van der Waals surface area contributed by atoms with E-state index in [4.69, 9.17) is 11.6 Å². The molecule has 0 heterocycles. The van der Waals surface area contributed by atoms with Gasteiger partial charge in [0, 0.05) is 31.4 Å². The fourth-order valence-electron chi connectivity index (χ4n) is 2.21. The van der Waals surface area contributed by atoms with Crippen molar-refractivity contribution in [3.63, 3.8) is 0 Å². The van der Waals surface area contributed by atoms with E-state index in [1.807, 2.05) is 42.5 Å². The fraction of sp³-hybridized carbons (Fsp3) is 0.263. The van der Waals surface area contributed by atoms with Crippen molar-refractivity contribution in [2.45, 2.75) is 6.54 Å². The van der Waals surface area contributed by atoms with Crippen LogP contribution < -0.4 is 10.2 Å². The Morgan fingerprint density at radius 1 is 0.960 bits per heavy atom. The fourth-order valence-corrected chi connectivity index (χ4v) is 2.34. The second-order valence-corrected chi connectivity index (χ2v) is 6.32.